The van der Waals surface area contributed by atoms with Gasteiger partial charge in [0.25, 0.3) is 5.91 Å². The van der Waals surface area contributed by atoms with Crippen LogP contribution in [0.4, 0.5) is 0 Å². The van der Waals surface area contributed by atoms with Crippen molar-refractivity contribution in [3.63, 3.8) is 0 Å². The first-order chi connectivity index (χ1) is 11.8. The van der Waals surface area contributed by atoms with Gasteiger partial charge in [-0.05, 0) is 37.5 Å². The first-order valence-electron chi connectivity index (χ1n) is 8.54. The van der Waals surface area contributed by atoms with Crippen molar-refractivity contribution in [3.05, 3.63) is 33.5 Å². The number of amides is 2. The Labute approximate surface area is 156 Å². The maximum Gasteiger partial charge on any atom is 0.290 e. The van der Waals surface area contributed by atoms with Crippen LogP contribution in [-0.2, 0) is 4.79 Å². The summed E-state index contributed by atoms with van der Waals surface area (Å²) < 4.78 is 6.85. The molecule has 2 aromatic rings. The lowest BCUT2D eigenvalue weighted by molar-refractivity contribution is -0.135. The van der Waals surface area contributed by atoms with Gasteiger partial charge >= 0.3 is 0 Å². The molecule has 0 unspecified atom stereocenters. The van der Waals surface area contributed by atoms with Crippen molar-refractivity contribution < 1.29 is 14.0 Å². The lowest BCUT2D eigenvalue weighted by Gasteiger charge is -2.34. The Bertz CT molecular complexity index is 841. The molecule has 25 heavy (non-hydrogen) atoms. The van der Waals surface area contributed by atoms with Crippen LogP contribution in [0, 0.1) is 19.8 Å². The SMILES string of the molecule is Cc1c(C(=O)N2CCN(CC(C)C)C(=O)C2)oc2c(C)cc(Br)cc12. The van der Waals surface area contributed by atoms with E-state index in [-0.39, 0.29) is 18.4 Å². The summed E-state index contributed by atoms with van der Waals surface area (Å²) in [5, 5.41) is 0.931. The van der Waals surface area contributed by atoms with Crippen LogP contribution in [0.5, 0.6) is 0 Å². The smallest absolute Gasteiger partial charge is 0.290 e. The van der Waals surface area contributed by atoms with Crippen molar-refractivity contribution in [2.75, 3.05) is 26.2 Å². The number of halogens is 1. The number of fused-ring (bicyclic) bond motifs is 1. The van der Waals surface area contributed by atoms with E-state index in [9.17, 15) is 9.59 Å². The van der Waals surface area contributed by atoms with E-state index < -0.39 is 0 Å². The van der Waals surface area contributed by atoms with Crippen molar-refractivity contribution >= 4 is 38.7 Å². The minimum atomic E-state index is -0.207. The fraction of sp³-hybridized carbons (Fsp3) is 0.474. The molecule has 0 atom stereocenters. The molecule has 1 fully saturated rings. The molecule has 0 radical (unpaired) electrons. The van der Waals surface area contributed by atoms with E-state index in [4.69, 9.17) is 4.42 Å². The largest absolute Gasteiger partial charge is 0.450 e. The number of rotatable bonds is 3. The first kappa shape index (κ1) is 18.0. The minimum absolute atomic E-state index is 0.000916. The Kier molecular flexibility index (Phi) is 4.91. The van der Waals surface area contributed by atoms with Gasteiger partial charge in [-0.15, -0.1) is 0 Å². The van der Waals surface area contributed by atoms with Crippen molar-refractivity contribution in [2.24, 2.45) is 5.92 Å². The molecular formula is C19H23BrN2O3. The molecule has 5 nitrogen and oxygen atoms in total. The van der Waals surface area contributed by atoms with Crippen molar-refractivity contribution in [1.82, 2.24) is 9.80 Å². The van der Waals surface area contributed by atoms with E-state index in [0.29, 0.717) is 24.8 Å². The molecule has 6 heteroatoms. The van der Waals surface area contributed by atoms with Gasteiger partial charge in [0.1, 0.15) is 12.1 Å². The highest BCUT2D eigenvalue weighted by molar-refractivity contribution is 9.10. The Balaban J connectivity index is 1.85. The van der Waals surface area contributed by atoms with Crippen LogP contribution in [0.25, 0.3) is 11.0 Å². The highest BCUT2D eigenvalue weighted by atomic mass is 79.9. The molecule has 1 saturated heterocycles. The number of nitrogens with zero attached hydrogens (tertiary/aromatic N) is 2. The Hall–Kier alpha value is -1.82. The van der Waals surface area contributed by atoms with Crippen LogP contribution in [0.1, 0.15) is 35.5 Å². The van der Waals surface area contributed by atoms with Gasteiger partial charge in [-0.1, -0.05) is 29.8 Å². The van der Waals surface area contributed by atoms with Gasteiger partial charge in [0.15, 0.2) is 5.76 Å². The van der Waals surface area contributed by atoms with Gasteiger partial charge in [-0.3, -0.25) is 9.59 Å². The maximum absolute atomic E-state index is 12.9. The first-order valence-corrected chi connectivity index (χ1v) is 9.33. The second-order valence-electron chi connectivity index (χ2n) is 7.12. The molecule has 0 spiro atoms. The molecule has 3 rings (SSSR count). The van der Waals surface area contributed by atoms with Gasteiger partial charge in [0.05, 0.1) is 0 Å². The van der Waals surface area contributed by atoms with Gasteiger partial charge in [-0.25, -0.2) is 0 Å². The quantitative estimate of drug-likeness (QED) is 0.779. The third-order valence-corrected chi connectivity index (χ3v) is 5.03. The second-order valence-corrected chi connectivity index (χ2v) is 8.03. The Morgan fingerprint density at radius 3 is 2.64 bits per heavy atom. The number of furan rings is 1. The number of carbonyl (C=O) groups excluding carboxylic acids is 2. The number of benzene rings is 1. The molecule has 1 aromatic carbocycles. The summed E-state index contributed by atoms with van der Waals surface area (Å²) in [4.78, 5) is 28.7. The van der Waals surface area contributed by atoms with Crippen LogP contribution in [-0.4, -0.2) is 47.8 Å². The molecule has 0 saturated carbocycles. The Morgan fingerprint density at radius 2 is 2.00 bits per heavy atom. The molecule has 1 aliphatic heterocycles. The van der Waals surface area contributed by atoms with Crippen molar-refractivity contribution in [1.29, 1.82) is 0 Å². The van der Waals surface area contributed by atoms with Gasteiger partial charge in [-0.2, -0.15) is 0 Å². The molecular weight excluding hydrogens is 384 g/mol. The molecule has 0 aliphatic carbocycles. The van der Waals surface area contributed by atoms with E-state index in [1.54, 1.807) is 4.90 Å². The van der Waals surface area contributed by atoms with Crippen LogP contribution < -0.4 is 0 Å². The summed E-state index contributed by atoms with van der Waals surface area (Å²) in [6.45, 7) is 9.98. The maximum atomic E-state index is 12.9. The van der Waals surface area contributed by atoms with E-state index >= 15 is 0 Å². The lowest BCUT2D eigenvalue weighted by atomic mass is 10.1. The van der Waals surface area contributed by atoms with Gasteiger partial charge < -0.3 is 14.2 Å². The fourth-order valence-electron chi connectivity index (χ4n) is 3.31. The van der Waals surface area contributed by atoms with Crippen LogP contribution in [0.15, 0.2) is 21.0 Å². The Morgan fingerprint density at radius 1 is 1.28 bits per heavy atom. The number of aryl methyl sites for hydroxylation is 2. The molecule has 2 amide bonds. The highest BCUT2D eigenvalue weighted by Gasteiger charge is 2.31. The molecule has 1 aromatic heterocycles. The predicted molar refractivity (Wildman–Crippen MR) is 101 cm³/mol. The fourth-order valence-corrected chi connectivity index (χ4v) is 3.88. The number of hydrogen-bond donors (Lipinski definition) is 0. The minimum Gasteiger partial charge on any atom is -0.450 e. The molecule has 0 N–H and O–H groups in total. The average molecular weight is 407 g/mol. The molecule has 0 bridgehead atoms. The lowest BCUT2D eigenvalue weighted by Crippen LogP contribution is -2.53. The van der Waals surface area contributed by atoms with E-state index in [1.807, 2.05) is 30.9 Å². The summed E-state index contributed by atoms with van der Waals surface area (Å²) in [6, 6.07) is 3.93. The zero-order valence-electron chi connectivity index (χ0n) is 15.1. The van der Waals surface area contributed by atoms with E-state index in [0.717, 1.165) is 33.1 Å². The number of piperazine rings is 1. The summed E-state index contributed by atoms with van der Waals surface area (Å²) in [5.41, 5.74) is 2.53. The van der Waals surface area contributed by atoms with Gasteiger partial charge in [0.2, 0.25) is 5.91 Å². The molecule has 134 valence electrons. The predicted octanol–water partition coefficient (Wildman–Crippen LogP) is 3.75. The van der Waals surface area contributed by atoms with Crippen molar-refractivity contribution in [3.8, 4) is 0 Å². The third kappa shape index (κ3) is 3.45. The van der Waals surface area contributed by atoms with Crippen LogP contribution in [0.2, 0.25) is 0 Å². The van der Waals surface area contributed by atoms with Crippen LogP contribution in [0.3, 0.4) is 0 Å². The zero-order valence-corrected chi connectivity index (χ0v) is 16.6. The topological polar surface area (TPSA) is 53.8 Å². The monoisotopic (exact) mass is 406 g/mol. The highest BCUT2D eigenvalue weighted by Crippen LogP contribution is 2.31. The standard InChI is InChI=1S/C19H23BrN2O3/c1-11(2)9-21-5-6-22(10-16(21)23)19(24)18-13(4)15-8-14(20)7-12(3)17(15)25-18/h7-8,11H,5-6,9-10H2,1-4H3. The van der Waals surface area contributed by atoms with E-state index in [1.165, 1.54) is 0 Å². The zero-order chi connectivity index (χ0) is 18.3. The summed E-state index contributed by atoms with van der Waals surface area (Å²) in [6.07, 6.45) is 0. The summed E-state index contributed by atoms with van der Waals surface area (Å²) >= 11 is 3.49. The normalized spacial score (nSPS) is 15.5. The van der Waals surface area contributed by atoms with Crippen LogP contribution >= 0.6 is 15.9 Å². The summed E-state index contributed by atoms with van der Waals surface area (Å²) in [5.74, 6) is 0.550. The van der Waals surface area contributed by atoms with Crippen molar-refractivity contribution in [2.45, 2.75) is 27.7 Å². The number of carbonyl (C=O) groups is 2. The third-order valence-electron chi connectivity index (χ3n) is 4.57. The number of hydrogen-bond acceptors (Lipinski definition) is 3. The van der Waals surface area contributed by atoms with E-state index in [2.05, 4.69) is 29.8 Å². The second kappa shape index (κ2) is 6.83. The van der Waals surface area contributed by atoms with Gasteiger partial charge in [0, 0.05) is 35.1 Å². The molecule has 1 aliphatic rings. The average Bonchev–Trinajstić information content (AvgIpc) is 2.86. The molecule has 2 heterocycles. The summed E-state index contributed by atoms with van der Waals surface area (Å²) in [7, 11) is 0.